The number of nitrogens with one attached hydrogen (secondary N) is 1. The molecule has 25 heavy (non-hydrogen) atoms. The number of likely N-dealkylation sites (tertiary alicyclic amines) is 1. The Hall–Kier alpha value is -1.59. The maximum Gasteiger partial charge on any atom is 0.317 e. The second-order valence-corrected chi connectivity index (χ2v) is 7.31. The lowest BCUT2D eigenvalue weighted by Crippen LogP contribution is -2.52. The first-order chi connectivity index (χ1) is 12.0. The van der Waals surface area contributed by atoms with Crippen LogP contribution >= 0.6 is 0 Å². The highest BCUT2D eigenvalue weighted by Gasteiger charge is 2.30. The summed E-state index contributed by atoms with van der Waals surface area (Å²) in [6.45, 7) is 6.41. The first-order valence-electron chi connectivity index (χ1n) is 9.43. The van der Waals surface area contributed by atoms with Gasteiger partial charge in [-0.15, -0.1) is 0 Å². The molecule has 1 fully saturated rings. The maximum atomic E-state index is 12.4. The molecule has 5 heteroatoms. The van der Waals surface area contributed by atoms with Gasteiger partial charge in [-0.05, 0) is 45.1 Å². The molecule has 5 nitrogen and oxygen atoms in total. The Morgan fingerprint density at radius 3 is 2.76 bits per heavy atom. The van der Waals surface area contributed by atoms with Gasteiger partial charge in [-0.1, -0.05) is 30.3 Å². The third kappa shape index (κ3) is 6.01. The maximum absolute atomic E-state index is 12.4. The summed E-state index contributed by atoms with van der Waals surface area (Å²) in [5.74, 6) is 0. The van der Waals surface area contributed by atoms with Crippen LogP contribution in [0.4, 0.5) is 4.79 Å². The van der Waals surface area contributed by atoms with E-state index in [4.69, 9.17) is 5.11 Å². The Kier molecular flexibility index (Phi) is 7.72. The minimum atomic E-state index is -0.000788. The number of carbonyl (C=O) groups is 1. The van der Waals surface area contributed by atoms with E-state index < -0.39 is 0 Å². The van der Waals surface area contributed by atoms with Crippen LogP contribution in [-0.2, 0) is 6.54 Å². The average Bonchev–Trinajstić information content (AvgIpc) is 2.61. The predicted octanol–water partition coefficient (Wildman–Crippen LogP) is 2.84. The molecule has 0 radical (unpaired) electrons. The Bertz CT molecular complexity index is 523. The van der Waals surface area contributed by atoms with Crippen molar-refractivity contribution in [3.8, 4) is 0 Å². The minimum absolute atomic E-state index is 0.000788. The van der Waals surface area contributed by atoms with Gasteiger partial charge in [-0.2, -0.15) is 0 Å². The molecule has 1 saturated heterocycles. The van der Waals surface area contributed by atoms with Crippen molar-refractivity contribution in [2.75, 3.05) is 20.2 Å². The summed E-state index contributed by atoms with van der Waals surface area (Å²) in [5.41, 5.74) is 1.34. The first-order valence-corrected chi connectivity index (χ1v) is 9.43. The summed E-state index contributed by atoms with van der Waals surface area (Å²) in [5, 5.41) is 11.9. The van der Waals surface area contributed by atoms with Gasteiger partial charge in [0, 0.05) is 44.9 Å². The number of hydrogen-bond acceptors (Lipinski definition) is 3. The van der Waals surface area contributed by atoms with Crippen molar-refractivity contribution in [2.24, 2.45) is 0 Å². The van der Waals surface area contributed by atoms with Crippen LogP contribution in [0, 0.1) is 0 Å². The lowest BCUT2D eigenvalue weighted by Gasteiger charge is -2.41. The Labute approximate surface area is 152 Å². The number of amides is 2. The van der Waals surface area contributed by atoms with E-state index in [9.17, 15) is 4.79 Å². The molecule has 0 bridgehead atoms. The molecule has 1 aliphatic rings. The number of nitrogens with zero attached hydrogens (tertiary/aromatic N) is 2. The van der Waals surface area contributed by atoms with Crippen molar-refractivity contribution < 1.29 is 9.90 Å². The van der Waals surface area contributed by atoms with Gasteiger partial charge in [0.05, 0.1) is 0 Å². The standard InChI is InChI=1S/C20H33N3O2/c1-16(8-7-13-24)21-20(25)22(3)19-11-12-23(17(2)14-19)15-18-9-5-4-6-10-18/h4-6,9-10,16-17,19,24H,7-8,11-15H2,1-3H3,(H,21,25). The minimum Gasteiger partial charge on any atom is -0.396 e. The largest absolute Gasteiger partial charge is 0.396 e. The number of piperidine rings is 1. The van der Waals surface area contributed by atoms with Crippen molar-refractivity contribution in [3.63, 3.8) is 0 Å². The zero-order valence-corrected chi connectivity index (χ0v) is 15.8. The molecule has 3 unspecified atom stereocenters. The number of hydrogen-bond donors (Lipinski definition) is 2. The van der Waals surface area contributed by atoms with Crippen molar-refractivity contribution in [3.05, 3.63) is 35.9 Å². The third-order valence-electron chi connectivity index (χ3n) is 5.25. The molecule has 2 rings (SSSR count). The van der Waals surface area contributed by atoms with Gasteiger partial charge < -0.3 is 15.3 Å². The quantitative estimate of drug-likeness (QED) is 0.797. The summed E-state index contributed by atoms with van der Waals surface area (Å²) in [7, 11) is 1.90. The number of aliphatic hydroxyl groups is 1. The van der Waals surface area contributed by atoms with Crippen LogP contribution < -0.4 is 5.32 Å². The van der Waals surface area contributed by atoms with Crippen LogP contribution in [0.3, 0.4) is 0 Å². The molecule has 3 atom stereocenters. The number of benzene rings is 1. The van der Waals surface area contributed by atoms with Gasteiger partial charge in [0.25, 0.3) is 0 Å². The molecule has 1 aromatic carbocycles. The van der Waals surface area contributed by atoms with Gasteiger partial charge in [0.2, 0.25) is 0 Å². The van der Waals surface area contributed by atoms with Crippen LogP contribution in [0.1, 0.15) is 45.1 Å². The Morgan fingerprint density at radius 1 is 1.40 bits per heavy atom. The number of aliphatic hydroxyl groups excluding tert-OH is 1. The second kappa shape index (κ2) is 9.78. The second-order valence-electron chi connectivity index (χ2n) is 7.31. The highest BCUT2D eigenvalue weighted by Crippen LogP contribution is 2.23. The van der Waals surface area contributed by atoms with E-state index in [1.807, 2.05) is 24.9 Å². The highest BCUT2D eigenvalue weighted by atomic mass is 16.3. The van der Waals surface area contributed by atoms with E-state index in [1.165, 1.54) is 5.56 Å². The summed E-state index contributed by atoms with van der Waals surface area (Å²) in [4.78, 5) is 16.8. The fourth-order valence-corrected chi connectivity index (χ4v) is 3.55. The summed E-state index contributed by atoms with van der Waals surface area (Å²) < 4.78 is 0. The van der Waals surface area contributed by atoms with Crippen molar-refractivity contribution >= 4 is 6.03 Å². The van der Waals surface area contributed by atoms with Crippen LogP contribution in [0.15, 0.2) is 30.3 Å². The van der Waals surface area contributed by atoms with Crippen molar-refractivity contribution in [1.29, 1.82) is 0 Å². The summed E-state index contributed by atoms with van der Waals surface area (Å²) in [6.07, 6.45) is 3.54. The molecule has 1 heterocycles. The molecule has 1 aliphatic heterocycles. The van der Waals surface area contributed by atoms with Gasteiger partial charge in [-0.3, -0.25) is 4.90 Å². The molecule has 0 aliphatic carbocycles. The van der Waals surface area contributed by atoms with Gasteiger partial charge in [0.15, 0.2) is 0 Å². The van der Waals surface area contributed by atoms with Crippen LogP contribution in [0.2, 0.25) is 0 Å². The molecule has 2 amide bonds. The molecule has 0 spiro atoms. The van der Waals surface area contributed by atoms with Crippen LogP contribution in [0.5, 0.6) is 0 Å². The van der Waals surface area contributed by atoms with E-state index in [-0.39, 0.29) is 24.7 Å². The van der Waals surface area contributed by atoms with Gasteiger partial charge in [0.1, 0.15) is 0 Å². The molecular formula is C20H33N3O2. The smallest absolute Gasteiger partial charge is 0.317 e. The number of urea groups is 1. The molecule has 0 saturated carbocycles. The fraction of sp³-hybridized carbons (Fsp3) is 0.650. The van der Waals surface area contributed by atoms with Gasteiger partial charge in [-0.25, -0.2) is 4.79 Å². The topological polar surface area (TPSA) is 55.8 Å². The third-order valence-corrected chi connectivity index (χ3v) is 5.25. The van der Waals surface area contributed by atoms with Gasteiger partial charge >= 0.3 is 6.03 Å². The van der Waals surface area contributed by atoms with E-state index in [2.05, 4.69) is 41.4 Å². The molecule has 140 valence electrons. The highest BCUT2D eigenvalue weighted by molar-refractivity contribution is 5.74. The molecular weight excluding hydrogens is 314 g/mol. The van der Waals surface area contributed by atoms with E-state index >= 15 is 0 Å². The van der Waals surface area contributed by atoms with Crippen LogP contribution in [-0.4, -0.2) is 59.3 Å². The zero-order valence-electron chi connectivity index (χ0n) is 15.8. The summed E-state index contributed by atoms with van der Waals surface area (Å²) in [6, 6.07) is 11.4. The van der Waals surface area contributed by atoms with Crippen LogP contribution in [0.25, 0.3) is 0 Å². The van der Waals surface area contributed by atoms with Crippen molar-refractivity contribution in [1.82, 2.24) is 15.1 Å². The lowest BCUT2D eigenvalue weighted by molar-refractivity contribution is 0.0901. The molecule has 0 aromatic heterocycles. The normalized spacial score (nSPS) is 22.4. The van der Waals surface area contributed by atoms with E-state index in [0.29, 0.717) is 6.04 Å². The predicted molar refractivity (Wildman–Crippen MR) is 101 cm³/mol. The Morgan fingerprint density at radius 2 is 2.12 bits per heavy atom. The van der Waals surface area contributed by atoms with E-state index in [1.54, 1.807) is 0 Å². The SMILES string of the molecule is CC(CCCO)NC(=O)N(C)C1CCN(Cc2ccccc2)C(C)C1. The average molecular weight is 348 g/mol. The number of carbonyl (C=O) groups excluding carboxylic acids is 1. The van der Waals surface area contributed by atoms with E-state index in [0.717, 1.165) is 38.8 Å². The monoisotopic (exact) mass is 347 g/mol. The van der Waals surface area contributed by atoms with Crippen molar-refractivity contribution in [2.45, 2.75) is 64.2 Å². The first kappa shape index (κ1) is 19.7. The fourth-order valence-electron chi connectivity index (χ4n) is 3.55. The molecule has 1 aromatic rings. The molecule has 2 N–H and O–H groups in total. The Balaban J connectivity index is 1.81. The summed E-state index contributed by atoms with van der Waals surface area (Å²) >= 11 is 0. The lowest BCUT2D eigenvalue weighted by atomic mass is 9.96. The zero-order chi connectivity index (χ0) is 18.2. The number of rotatable bonds is 7.